The van der Waals surface area contributed by atoms with Crippen molar-refractivity contribution in [1.29, 1.82) is 5.26 Å². The Balaban J connectivity index is 1.53. The van der Waals surface area contributed by atoms with E-state index in [1.807, 2.05) is 11.0 Å². The number of nitrogens with one attached hydrogen (secondary N) is 1. The molecule has 0 aliphatic carbocycles. The molecule has 27 heavy (non-hydrogen) atoms. The normalized spacial score (nSPS) is 15.8. The highest BCUT2D eigenvalue weighted by molar-refractivity contribution is 7.89. The number of carbonyl (C=O) groups excluding carboxylic acids is 1. The van der Waals surface area contributed by atoms with E-state index in [9.17, 15) is 13.2 Å². The van der Waals surface area contributed by atoms with Crippen LogP contribution in [0.5, 0.6) is 0 Å². The summed E-state index contributed by atoms with van der Waals surface area (Å²) >= 11 is 0. The molecule has 1 fully saturated rings. The topological polar surface area (TPSA) is 93.5 Å². The molecule has 1 aliphatic heterocycles. The molecular weight excluding hydrogens is 364 g/mol. The number of hydrogen-bond donors (Lipinski definition) is 1. The van der Waals surface area contributed by atoms with Gasteiger partial charge in [-0.25, -0.2) is 8.42 Å². The zero-order valence-corrected chi connectivity index (χ0v) is 15.5. The second-order valence-corrected chi connectivity index (χ2v) is 8.17. The molecule has 1 aliphatic rings. The van der Waals surface area contributed by atoms with Gasteiger partial charge in [-0.15, -0.1) is 0 Å². The van der Waals surface area contributed by atoms with Gasteiger partial charge >= 0.3 is 0 Å². The maximum atomic E-state index is 12.6. The van der Waals surface area contributed by atoms with Crippen LogP contribution in [-0.2, 0) is 14.8 Å². The van der Waals surface area contributed by atoms with Gasteiger partial charge in [0.15, 0.2) is 0 Å². The van der Waals surface area contributed by atoms with Crippen LogP contribution in [0.2, 0.25) is 0 Å². The molecular formula is C19H20N4O3S. The quantitative estimate of drug-likeness (QED) is 0.843. The highest BCUT2D eigenvalue weighted by Gasteiger charge is 2.28. The van der Waals surface area contributed by atoms with E-state index in [4.69, 9.17) is 5.26 Å². The van der Waals surface area contributed by atoms with E-state index in [2.05, 4.69) is 5.32 Å². The predicted molar refractivity (Wildman–Crippen MR) is 101 cm³/mol. The first kappa shape index (κ1) is 19.0. The fourth-order valence-corrected chi connectivity index (χ4v) is 4.38. The SMILES string of the molecule is N#Cc1cccc(NC(=O)CN2CCN(S(=O)(=O)c3ccccc3)CC2)c1. The van der Waals surface area contributed by atoms with E-state index in [-0.39, 0.29) is 17.3 Å². The summed E-state index contributed by atoms with van der Waals surface area (Å²) in [5.74, 6) is -0.190. The lowest BCUT2D eigenvalue weighted by molar-refractivity contribution is -0.117. The number of hydrogen-bond acceptors (Lipinski definition) is 5. The van der Waals surface area contributed by atoms with E-state index in [0.29, 0.717) is 37.4 Å². The van der Waals surface area contributed by atoms with E-state index >= 15 is 0 Å². The summed E-state index contributed by atoms with van der Waals surface area (Å²) in [6.45, 7) is 1.83. The van der Waals surface area contributed by atoms with Crippen LogP contribution < -0.4 is 5.32 Å². The molecule has 1 N–H and O–H groups in total. The average molecular weight is 384 g/mol. The minimum Gasteiger partial charge on any atom is -0.325 e. The summed E-state index contributed by atoms with van der Waals surface area (Å²) in [5.41, 5.74) is 1.05. The molecule has 0 aromatic heterocycles. The fraction of sp³-hybridized carbons (Fsp3) is 0.263. The van der Waals surface area contributed by atoms with Crippen molar-refractivity contribution < 1.29 is 13.2 Å². The molecule has 0 saturated carbocycles. The standard InChI is InChI=1S/C19H20N4O3S/c20-14-16-5-4-6-17(13-16)21-19(24)15-22-9-11-23(12-10-22)27(25,26)18-7-2-1-3-8-18/h1-8,13H,9-12,15H2,(H,21,24). The van der Waals surface area contributed by atoms with Crippen molar-refractivity contribution in [3.8, 4) is 6.07 Å². The van der Waals surface area contributed by atoms with Crippen molar-refractivity contribution in [2.45, 2.75) is 4.90 Å². The molecule has 0 atom stereocenters. The summed E-state index contributed by atoms with van der Waals surface area (Å²) in [4.78, 5) is 14.4. The van der Waals surface area contributed by atoms with Gasteiger partial charge in [0.25, 0.3) is 0 Å². The zero-order chi connectivity index (χ0) is 19.3. The Labute approximate surface area is 158 Å². The number of carbonyl (C=O) groups is 1. The molecule has 0 spiro atoms. The maximum Gasteiger partial charge on any atom is 0.243 e. The summed E-state index contributed by atoms with van der Waals surface area (Å²) in [6, 6.07) is 17.1. The van der Waals surface area contributed by atoms with Crippen molar-refractivity contribution in [3.05, 3.63) is 60.2 Å². The smallest absolute Gasteiger partial charge is 0.243 e. The third-order valence-corrected chi connectivity index (χ3v) is 6.27. The lowest BCUT2D eigenvalue weighted by Crippen LogP contribution is -2.50. The third kappa shape index (κ3) is 4.71. The molecule has 2 aromatic carbocycles. The molecule has 1 heterocycles. The maximum absolute atomic E-state index is 12.6. The van der Waals surface area contributed by atoms with Gasteiger partial charge < -0.3 is 5.32 Å². The summed E-state index contributed by atoms with van der Waals surface area (Å²) in [7, 11) is -3.49. The molecule has 0 bridgehead atoms. The Hall–Kier alpha value is -2.73. The molecule has 3 rings (SSSR count). The van der Waals surface area contributed by atoms with Crippen molar-refractivity contribution >= 4 is 21.6 Å². The van der Waals surface area contributed by atoms with E-state index in [0.717, 1.165) is 0 Å². The minimum atomic E-state index is -3.49. The Kier molecular flexibility index (Phi) is 5.86. The highest BCUT2D eigenvalue weighted by atomic mass is 32.2. The van der Waals surface area contributed by atoms with E-state index < -0.39 is 10.0 Å². The van der Waals surface area contributed by atoms with Crippen molar-refractivity contribution in [1.82, 2.24) is 9.21 Å². The molecule has 8 heteroatoms. The lowest BCUT2D eigenvalue weighted by Gasteiger charge is -2.33. The van der Waals surface area contributed by atoms with E-state index in [1.165, 1.54) is 4.31 Å². The molecule has 1 amide bonds. The average Bonchev–Trinajstić information content (AvgIpc) is 2.69. The first-order chi connectivity index (χ1) is 13.0. The van der Waals surface area contributed by atoms with Crippen molar-refractivity contribution in [3.63, 3.8) is 0 Å². The van der Waals surface area contributed by atoms with Crippen LogP contribution in [0.15, 0.2) is 59.5 Å². The fourth-order valence-electron chi connectivity index (χ4n) is 2.94. The number of sulfonamides is 1. The molecule has 0 unspecified atom stereocenters. The second-order valence-electron chi connectivity index (χ2n) is 6.23. The van der Waals surface area contributed by atoms with Crippen molar-refractivity contribution in [2.24, 2.45) is 0 Å². The van der Waals surface area contributed by atoms with Crippen LogP contribution in [0.4, 0.5) is 5.69 Å². The Morgan fingerprint density at radius 3 is 2.41 bits per heavy atom. The summed E-state index contributed by atoms with van der Waals surface area (Å²) < 4.78 is 26.7. The number of piperazine rings is 1. The third-order valence-electron chi connectivity index (χ3n) is 4.35. The van der Waals surface area contributed by atoms with Gasteiger partial charge in [0.1, 0.15) is 0 Å². The van der Waals surface area contributed by atoms with Crippen LogP contribution in [0, 0.1) is 11.3 Å². The molecule has 7 nitrogen and oxygen atoms in total. The number of amides is 1. The van der Waals surface area contributed by atoms with Crippen LogP contribution in [-0.4, -0.2) is 56.3 Å². The number of benzene rings is 2. The minimum absolute atomic E-state index is 0.177. The summed E-state index contributed by atoms with van der Waals surface area (Å²) in [6.07, 6.45) is 0. The molecule has 2 aromatic rings. The number of nitriles is 1. The number of nitrogens with zero attached hydrogens (tertiary/aromatic N) is 3. The van der Waals surface area contributed by atoms with Crippen molar-refractivity contribution in [2.75, 3.05) is 38.0 Å². The van der Waals surface area contributed by atoms with Gasteiger partial charge in [0.2, 0.25) is 15.9 Å². The first-order valence-electron chi connectivity index (χ1n) is 8.56. The van der Waals surface area contributed by atoms with Crippen LogP contribution in [0.3, 0.4) is 0 Å². The van der Waals surface area contributed by atoms with Gasteiger partial charge in [-0.2, -0.15) is 9.57 Å². The Morgan fingerprint density at radius 1 is 1.04 bits per heavy atom. The lowest BCUT2D eigenvalue weighted by atomic mass is 10.2. The van der Waals surface area contributed by atoms with Crippen LogP contribution in [0.25, 0.3) is 0 Å². The van der Waals surface area contributed by atoms with Gasteiger partial charge in [0.05, 0.1) is 23.1 Å². The Morgan fingerprint density at radius 2 is 1.74 bits per heavy atom. The Bertz CT molecular complexity index is 946. The van der Waals surface area contributed by atoms with Gasteiger partial charge in [-0.05, 0) is 30.3 Å². The largest absolute Gasteiger partial charge is 0.325 e. The monoisotopic (exact) mass is 384 g/mol. The summed E-state index contributed by atoms with van der Waals surface area (Å²) in [5, 5.41) is 11.7. The molecule has 1 saturated heterocycles. The van der Waals surface area contributed by atoms with Gasteiger partial charge in [0, 0.05) is 31.9 Å². The highest BCUT2D eigenvalue weighted by Crippen LogP contribution is 2.17. The number of anilines is 1. The molecule has 0 radical (unpaired) electrons. The second kappa shape index (κ2) is 8.31. The molecule has 140 valence electrons. The first-order valence-corrected chi connectivity index (χ1v) is 10.0. The van der Waals surface area contributed by atoms with Crippen LogP contribution in [0.1, 0.15) is 5.56 Å². The zero-order valence-electron chi connectivity index (χ0n) is 14.7. The van der Waals surface area contributed by atoms with Gasteiger partial charge in [-0.3, -0.25) is 9.69 Å². The number of rotatable bonds is 5. The van der Waals surface area contributed by atoms with Crippen LogP contribution >= 0.6 is 0 Å². The van der Waals surface area contributed by atoms with E-state index in [1.54, 1.807) is 54.6 Å². The predicted octanol–water partition coefficient (Wildman–Crippen LogP) is 1.50. The van der Waals surface area contributed by atoms with Gasteiger partial charge in [-0.1, -0.05) is 24.3 Å².